The van der Waals surface area contributed by atoms with Crippen molar-refractivity contribution in [1.82, 2.24) is 14.2 Å². The number of hydrogen-bond donors (Lipinski definition) is 1. The Hall–Kier alpha value is -1.34. The van der Waals surface area contributed by atoms with E-state index in [9.17, 15) is 13.2 Å². The Morgan fingerprint density at radius 3 is 2.62 bits per heavy atom. The molecule has 116 valence electrons. The fourth-order valence-electron chi connectivity index (χ4n) is 3.76. The van der Waals surface area contributed by atoms with Gasteiger partial charge in [-0.15, -0.1) is 0 Å². The highest BCUT2D eigenvalue weighted by Crippen LogP contribution is 2.39. The second kappa shape index (κ2) is 5.14. The summed E-state index contributed by atoms with van der Waals surface area (Å²) in [6.45, 7) is 1.76. The van der Waals surface area contributed by atoms with Crippen molar-refractivity contribution in [2.45, 2.75) is 31.2 Å². The van der Waals surface area contributed by atoms with Crippen LogP contribution in [-0.2, 0) is 10.0 Å². The summed E-state index contributed by atoms with van der Waals surface area (Å²) < 4.78 is 25.7. The molecule has 7 heteroatoms. The van der Waals surface area contributed by atoms with Gasteiger partial charge in [0.05, 0.1) is 11.8 Å². The van der Waals surface area contributed by atoms with Crippen LogP contribution in [0.3, 0.4) is 0 Å². The fraction of sp³-hybridized carbons (Fsp3) is 0.643. The van der Waals surface area contributed by atoms with Gasteiger partial charge in [-0.3, -0.25) is 4.79 Å². The van der Waals surface area contributed by atoms with Crippen molar-refractivity contribution in [1.29, 1.82) is 0 Å². The Kier molecular flexibility index (Phi) is 3.57. The van der Waals surface area contributed by atoms with Gasteiger partial charge in [0.2, 0.25) is 10.0 Å². The molecule has 6 nitrogen and oxygen atoms in total. The first-order chi connectivity index (χ1) is 9.92. The molecule has 0 aliphatic carbocycles. The molecule has 0 bridgehead atoms. The van der Waals surface area contributed by atoms with Crippen molar-refractivity contribution in [3.63, 3.8) is 0 Å². The number of carbonyl (C=O) groups is 1. The molecule has 2 saturated heterocycles. The lowest BCUT2D eigenvalue weighted by Gasteiger charge is -2.44. The maximum Gasteiger partial charge on any atom is 0.270 e. The summed E-state index contributed by atoms with van der Waals surface area (Å²) in [4.78, 5) is 17.2. The van der Waals surface area contributed by atoms with Crippen LogP contribution in [0.2, 0.25) is 0 Å². The maximum atomic E-state index is 12.5. The van der Waals surface area contributed by atoms with E-state index in [2.05, 4.69) is 4.98 Å². The molecular formula is C14H21N3O3S. The second-order valence-corrected chi connectivity index (χ2v) is 7.98. The van der Waals surface area contributed by atoms with Crippen molar-refractivity contribution in [2.75, 3.05) is 25.9 Å². The van der Waals surface area contributed by atoms with Crippen LogP contribution in [0.5, 0.6) is 0 Å². The van der Waals surface area contributed by atoms with Gasteiger partial charge in [0, 0.05) is 25.8 Å². The van der Waals surface area contributed by atoms with E-state index >= 15 is 0 Å². The number of hydrogen-bond acceptors (Lipinski definition) is 3. The third-order valence-electron chi connectivity index (χ3n) is 4.60. The first-order valence-corrected chi connectivity index (χ1v) is 9.18. The van der Waals surface area contributed by atoms with E-state index in [1.54, 1.807) is 27.5 Å². The fourth-order valence-corrected chi connectivity index (χ4v) is 5.16. The molecule has 2 aliphatic rings. The summed E-state index contributed by atoms with van der Waals surface area (Å²) in [6.07, 6.45) is 6.40. The number of nitrogens with zero attached hydrogens (tertiary/aromatic N) is 2. The molecule has 2 aliphatic heterocycles. The topological polar surface area (TPSA) is 73.5 Å². The zero-order valence-electron chi connectivity index (χ0n) is 12.2. The van der Waals surface area contributed by atoms with Gasteiger partial charge in [0.1, 0.15) is 5.69 Å². The summed E-state index contributed by atoms with van der Waals surface area (Å²) in [7, 11) is -3.23. The predicted molar refractivity (Wildman–Crippen MR) is 79.4 cm³/mol. The molecule has 1 N–H and O–H groups in total. The second-order valence-electron chi connectivity index (χ2n) is 6.08. The van der Waals surface area contributed by atoms with Gasteiger partial charge in [-0.1, -0.05) is 0 Å². The van der Waals surface area contributed by atoms with Crippen LogP contribution in [0.4, 0.5) is 0 Å². The van der Waals surface area contributed by atoms with Gasteiger partial charge in [-0.05, 0) is 37.8 Å². The number of piperidine rings is 1. The smallest absolute Gasteiger partial charge is 0.270 e. The highest BCUT2D eigenvalue weighted by molar-refractivity contribution is 7.88. The number of amides is 1. The number of H-pyrrole nitrogens is 1. The largest absolute Gasteiger partial charge is 0.357 e. The molecule has 0 radical (unpaired) electrons. The van der Waals surface area contributed by atoms with E-state index in [-0.39, 0.29) is 5.91 Å². The molecule has 3 rings (SSSR count). The minimum atomic E-state index is -3.23. The van der Waals surface area contributed by atoms with Crippen molar-refractivity contribution in [3.05, 3.63) is 24.0 Å². The zero-order valence-corrected chi connectivity index (χ0v) is 13.0. The highest BCUT2D eigenvalue weighted by Gasteiger charge is 2.48. The van der Waals surface area contributed by atoms with E-state index in [0.717, 1.165) is 25.7 Å². The molecule has 0 saturated carbocycles. The Morgan fingerprint density at radius 2 is 2.00 bits per heavy atom. The molecule has 1 aromatic heterocycles. The van der Waals surface area contributed by atoms with Crippen LogP contribution in [0, 0.1) is 0 Å². The third kappa shape index (κ3) is 2.60. The number of nitrogens with one attached hydrogen (secondary N) is 1. The number of rotatable bonds is 2. The minimum Gasteiger partial charge on any atom is -0.357 e. The SMILES string of the molecule is CS(=O)(=O)N1CCCC12CCCN(C(=O)c1ccc[nH]1)C2. The quantitative estimate of drug-likeness (QED) is 0.887. The van der Waals surface area contributed by atoms with Crippen molar-refractivity contribution >= 4 is 15.9 Å². The third-order valence-corrected chi connectivity index (χ3v) is 5.97. The molecule has 1 unspecified atom stereocenters. The van der Waals surface area contributed by atoms with E-state index in [1.165, 1.54) is 6.26 Å². The monoisotopic (exact) mass is 311 g/mol. The molecule has 1 aromatic rings. The van der Waals surface area contributed by atoms with Crippen molar-refractivity contribution in [2.24, 2.45) is 0 Å². The van der Waals surface area contributed by atoms with Crippen LogP contribution >= 0.6 is 0 Å². The zero-order chi connectivity index (χ0) is 15.1. The van der Waals surface area contributed by atoms with Crippen LogP contribution in [0.15, 0.2) is 18.3 Å². The molecule has 3 heterocycles. The van der Waals surface area contributed by atoms with Crippen LogP contribution < -0.4 is 0 Å². The number of sulfonamides is 1. The highest BCUT2D eigenvalue weighted by atomic mass is 32.2. The molecular weight excluding hydrogens is 290 g/mol. The Morgan fingerprint density at radius 1 is 1.29 bits per heavy atom. The molecule has 21 heavy (non-hydrogen) atoms. The van der Waals surface area contributed by atoms with Gasteiger partial charge in [-0.2, -0.15) is 4.31 Å². The lowest BCUT2D eigenvalue weighted by molar-refractivity contribution is 0.0520. The molecule has 1 spiro atoms. The van der Waals surface area contributed by atoms with E-state index in [1.807, 2.05) is 0 Å². The predicted octanol–water partition coefficient (Wildman–Crippen LogP) is 1.04. The molecule has 1 atom stereocenters. The average Bonchev–Trinajstić information content (AvgIpc) is 3.07. The number of likely N-dealkylation sites (tertiary alicyclic amines) is 1. The van der Waals surface area contributed by atoms with Crippen LogP contribution in [0.1, 0.15) is 36.2 Å². The molecule has 1 amide bonds. The minimum absolute atomic E-state index is 0.0422. The summed E-state index contributed by atoms with van der Waals surface area (Å²) >= 11 is 0. The molecule has 2 fully saturated rings. The number of aromatic nitrogens is 1. The van der Waals surface area contributed by atoms with E-state index in [0.29, 0.717) is 25.3 Å². The molecule has 0 aromatic carbocycles. The summed E-state index contributed by atoms with van der Waals surface area (Å²) in [5, 5.41) is 0. The number of carbonyl (C=O) groups excluding carboxylic acids is 1. The van der Waals surface area contributed by atoms with Gasteiger partial charge < -0.3 is 9.88 Å². The van der Waals surface area contributed by atoms with Crippen molar-refractivity contribution in [3.8, 4) is 0 Å². The lowest BCUT2D eigenvalue weighted by Crippen LogP contribution is -2.58. The standard InChI is InChI=1S/C14H21N3O3S/c1-21(19,20)17-10-4-7-14(17)6-3-9-16(11-14)13(18)12-5-2-8-15-12/h2,5,8,15H,3-4,6-7,9-11H2,1H3. The number of aromatic amines is 1. The van der Waals surface area contributed by atoms with Crippen LogP contribution in [-0.4, -0.2) is 59.9 Å². The first kappa shape index (κ1) is 14.6. The normalized spacial score (nSPS) is 27.4. The van der Waals surface area contributed by atoms with Gasteiger partial charge in [0.15, 0.2) is 0 Å². The van der Waals surface area contributed by atoms with Gasteiger partial charge in [-0.25, -0.2) is 8.42 Å². The van der Waals surface area contributed by atoms with Gasteiger partial charge in [0.25, 0.3) is 5.91 Å². The van der Waals surface area contributed by atoms with E-state index < -0.39 is 15.6 Å². The lowest BCUT2D eigenvalue weighted by atomic mass is 9.87. The van der Waals surface area contributed by atoms with E-state index in [4.69, 9.17) is 0 Å². The summed E-state index contributed by atoms with van der Waals surface area (Å²) in [5.74, 6) is -0.0422. The summed E-state index contributed by atoms with van der Waals surface area (Å²) in [6, 6.07) is 3.55. The first-order valence-electron chi connectivity index (χ1n) is 7.33. The Labute approximate surface area is 125 Å². The van der Waals surface area contributed by atoms with Crippen molar-refractivity contribution < 1.29 is 13.2 Å². The Bertz CT molecular complexity index is 626. The van der Waals surface area contributed by atoms with Crippen LogP contribution in [0.25, 0.3) is 0 Å². The van der Waals surface area contributed by atoms with Gasteiger partial charge >= 0.3 is 0 Å². The average molecular weight is 311 g/mol. The Balaban J connectivity index is 1.84. The maximum absolute atomic E-state index is 12.5. The summed E-state index contributed by atoms with van der Waals surface area (Å²) in [5.41, 5.74) is 0.171.